The molecule has 0 unspecified atom stereocenters. The molecule has 1 aromatic carbocycles. The molecular weight excluding hydrogens is 374 g/mol. The van der Waals surface area contributed by atoms with Crippen LogP contribution in [0, 0.1) is 12.8 Å². The first kappa shape index (κ1) is 18.2. The third-order valence-corrected chi connectivity index (χ3v) is 6.60. The van der Waals surface area contributed by atoms with E-state index in [1.165, 1.54) is 22.5 Å². The lowest BCUT2D eigenvalue weighted by Gasteiger charge is -2.14. The van der Waals surface area contributed by atoms with Crippen molar-refractivity contribution in [3.05, 3.63) is 64.1 Å². The second-order valence-electron chi connectivity index (χ2n) is 7.06. The standard InChI is InChI=1S/C21H21N3OS2/c1-13(2)11-24-20(25)18-17(16-9-6-10-22-19(16)27-18)23-21(24)26-12-15-8-5-4-7-14(15)3/h4-10,13H,11-12H2,1-3H3. The van der Waals surface area contributed by atoms with Crippen molar-refractivity contribution < 1.29 is 0 Å². The van der Waals surface area contributed by atoms with Crippen molar-refractivity contribution in [1.29, 1.82) is 0 Å². The van der Waals surface area contributed by atoms with Crippen molar-refractivity contribution in [1.82, 2.24) is 14.5 Å². The number of benzene rings is 1. The van der Waals surface area contributed by atoms with Crippen LogP contribution in [0.4, 0.5) is 0 Å². The maximum absolute atomic E-state index is 13.2. The number of nitrogens with zero attached hydrogens (tertiary/aromatic N) is 3. The summed E-state index contributed by atoms with van der Waals surface area (Å²) in [5.74, 6) is 1.16. The van der Waals surface area contributed by atoms with E-state index < -0.39 is 0 Å². The first-order valence-electron chi connectivity index (χ1n) is 9.00. The van der Waals surface area contributed by atoms with E-state index in [2.05, 4.69) is 44.0 Å². The number of thioether (sulfide) groups is 1. The van der Waals surface area contributed by atoms with Crippen LogP contribution in [-0.2, 0) is 12.3 Å². The maximum atomic E-state index is 13.2. The molecule has 0 saturated heterocycles. The van der Waals surface area contributed by atoms with E-state index in [-0.39, 0.29) is 5.56 Å². The van der Waals surface area contributed by atoms with Crippen LogP contribution in [-0.4, -0.2) is 14.5 Å². The van der Waals surface area contributed by atoms with E-state index >= 15 is 0 Å². The smallest absolute Gasteiger partial charge is 0.272 e. The van der Waals surface area contributed by atoms with Crippen molar-refractivity contribution in [2.75, 3.05) is 0 Å². The highest BCUT2D eigenvalue weighted by Crippen LogP contribution is 2.31. The molecule has 4 aromatic rings. The molecule has 0 bridgehead atoms. The Hall–Kier alpha value is -2.18. The van der Waals surface area contributed by atoms with E-state index in [1.807, 2.05) is 22.8 Å². The Bertz CT molecular complexity index is 1180. The van der Waals surface area contributed by atoms with Crippen LogP contribution in [0.2, 0.25) is 0 Å². The van der Waals surface area contributed by atoms with Crippen LogP contribution < -0.4 is 5.56 Å². The summed E-state index contributed by atoms with van der Waals surface area (Å²) in [6, 6.07) is 12.2. The molecule has 6 heteroatoms. The minimum atomic E-state index is 0.0454. The van der Waals surface area contributed by atoms with Gasteiger partial charge < -0.3 is 0 Å². The first-order chi connectivity index (χ1) is 13.0. The van der Waals surface area contributed by atoms with Gasteiger partial charge in [0, 0.05) is 23.9 Å². The molecule has 138 valence electrons. The summed E-state index contributed by atoms with van der Waals surface area (Å²) in [6.07, 6.45) is 1.76. The second-order valence-corrected chi connectivity index (χ2v) is 9.00. The molecule has 27 heavy (non-hydrogen) atoms. The number of rotatable bonds is 5. The summed E-state index contributed by atoms with van der Waals surface area (Å²) in [7, 11) is 0. The van der Waals surface area contributed by atoms with Gasteiger partial charge in [-0.1, -0.05) is 49.9 Å². The van der Waals surface area contributed by atoms with E-state index in [0.717, 1.165) is 26.6 Å². The van der Waals surface area contributed by atoms with Crippen molar-refractivity contribution in [2.45, 2.75) is 38.2 Å². The number of hydrogen-bond donors (Lipinski definition) is 0. The summed E-state index contributed by atoms with van der Waals surface area (Å²) >= 11 is 3.07. The van der Waals surface area contributed by atoms with Crippen LogP contribution in [0.15, 0.2) is 52.5 Å². The molecule has 0 amide bonds. The zero-order valence-electron chi connectivity index (χ0n) is 15.6. The van der Waals surface area contributed by atoms with Crippen molar-refractivity contribution >= 4 is 43.5 Å². The van der Waals surface area contributed by atoms with E-state index in [0.29, 0.717) is 17.2 Å². The molecule has 4 rings (SSSR count). The Balaban J connectivity index is 1.84. The van der Waals surface area contributed by atoms with E-state index in [4.69, 9.17) is 4.98 Å². The van der Waals surface area contributed by atoms with Gasteiger partial charge in [0.2, 0.25) is 0 Å². The summed E-state index contributed by atoms with van der Waals surface area (Å²) in [5.41, 5.74) is 3.35. The highest BCUT2D eigenvalue weighted by molar-refractivity contribution is 7.98. The number of aryl methyl sites for hydroxylation is 1. The number of hydrogen-bond acceptors (Lipinski definition) is 5. The molecule has 4 nitrogen and oxygen atoms in total. The third-order valence-electron chi connectivity index (χ3n) is 4.48. The quantitative estimate of drug-likeness (QED) is 0.341. The van der Waals surface area contributed by atoms with Gasteiger partial charge in [-0.15, -0.1) is 11.3 Å². The lowest BCUT2D eigenvalue weighted by Crippen LogP contribution is -2.24. The van der Waals surface area contributed by atoms with Gasteiger partial charge in [0.25, 0.3) is 5.56 Å². The van der Waals surface area contributed by atoms with Gasteiger partial charge in [0.1, 0.15) is 9.53 Å². The maximum Gasteiger partial charge on any atom is 0.272 e. The molecule has 0 aliphatic rings. The predicted molar refractivity (Wildman–Crippen MR) is 115 cm³/mol. The van der Waals surface area contributed by atoms with Crippen molar-refractivity contribution in [3.8, 4) is 0 Å². The zero-order valence-corrected chi connectivity index (χ0v) is 17.2. The summed E-state index contributed by atoms with van der Waals surface area (Å²) in [5, 5.41) is 1.75. The average Bonchev–Trinajstić information content (AvgIpc) is 3.02. The SMILES string of the molecule is Cc1ccccc1CSc1nc2c(sc3ncccc32)c(=O)n1CC(C)C. The van der Waals surface area contributed by atoms with Crippen molar-refractivity contribution in [3.63, 3.8) is 0 Å². The normalized spacial score (nSPS) is 11.7. The van der Waals surface area contributed by atoms with E-state index in [9.17, 15) is 4.79 Å². The Labute approximate surface area is 166 Å². The predicted octanol–water partition coefficient (Wildman–Crippen LogP) is 5.26. The van der Waals surface area contributed by atoms with E-state index in [1.54, 1.807) is 18.0 Å². The highest BCUT2D eigenvalue weighted by Gasteiger charge is 2.17. The van der Waals surface area contributed by atoms with Gasteiger partial charge in [0.05, 0.1) is 5.52 Å². The monoisotopic (exact) mass is 395 g/mol. The van der Waals surface area contributed by atoms with Crippen LogP contribution in [0.1, 0.15) is 25.0 Å². The number of pyridine rings is 1. The van der Waals surface area contributed by atoms with Gasteiger partial charge in [-0.25, -0.2) is 9.97 Å². The third kappa shape index (κ3) is 3.51. The van der Waals surface area contributed by atoms with Crippen LogP contribution in [0.25, 0.3) is 20.4 Å². The fraction of sp³-hybridized carbons (Fsp3) is 0.286. The largest absolute Gasteiger partial charge is 0.286 e. The fourth-order valence-corrected chi connectivity index (χ4v) is 5.20. The molecule has 0 aliphatic carbocycles. The molecule has 0 fully saturated rings. The molecule has 3 aromatic heterocycles. The zero-order chi connectivity index (χ0) is 19.0. The molecule has 0 saturated carbocycles. The molecule has 0 aliphatic heterocycles. The Morgan fingerprint density at radius 1 is 1.19 bits per heavy atom. The number of fused-ring (bicyclic) bond motifs is 3. The number of aromatic nitrogens is 3. The molecular formula is C21H21N3OS2. The van der Waals surface area contributed by atoms with Gasteiger partial charge >= 0.3 is 0 Å². The molecule has 0 spiro atoms. The van der Waals surface area contributed by atoms with Crippen LogP contribution in [0.5, 0.6) is 0 Å². The topological polar surface area (TPSA) is 47.8 Å². The Kier molecular flexibility index (Phi) is 5.02. The minimum absolute atomic E-state index is 0.0454. The Morgan fingerprint density at radius 2 is 2.00 bits per heavy atom. The Morgan fingerprint density at radius 3 is 2.78 bits per heavy atom. The lowest BCUT2D eigenvalue weighted by atomic mass is 10.1. The average molecular weight is 396 g/mol. The lowest BCUT2D eigenvalue weighted by molar-refractivity contribution is 0.475. The second kappa shape index (κ2) is 7.44. The minimum Gasteiger partial charge on any atom is -0.286 e. The summed E-state index contributed by atoms with van der Waals surface area (Å²) in [4.78, 5) is 23.4. The summed E-state index contributed by atoms with van der Waals surface area (Å²) < 4.78 is 2.54. The number of thiophene rings is 1. The van der Waals surface area contributed by atoms with Gasteiger partial charge in [-0.3, -0.25) is 9.36 Å². The molecule has 3 heterocycles. The van der Waals surface area contributed by atoms with Crippen LogP contribution >= 0.6 is 23.1 Å². The molecule has 0 radical (unpaired) electrons. The van der Waals surface area contributed by atoms with Gasteiger partial charge in [-0.05, 0) is 36.1 Å². The van der Waals surface area contributed by atoms with Gasteiger partial charge in [-0.2, -0.15) is 0 Å². The molecule has 0 N–H and O–H groups in total. The fourth-order valence-electron chi connectivity index (χ4n) is 3.09. The van der Waals surface area contributed by atoms with Crippen molar-refractivity contribution in [2.24, 2.45) is 5.92 Å². The van der Waals surface area contributed by atoms with Crippen LogP contribution in [0.3, 0.4) is 0 Å². The highest BCUT2D eigenvalue weighted by atomic mass is 32.2. The molecule has 0 atom stereocenters. The first-order valence-corrected chi connectivity index (χ1v) is 10.8. The van der Waals surface area contributed by atoms with Gasteiger partial charge in [0.15, 0.2) is 5.16 Å². The summed E-state index contributed by atoms with van der Waals surface area (Å²) in [6.45, 7) is 7.03.